The fraction of sp³-hybridized carbons (Fsp3) is 0.524. The van der Waals surface area contributed by atoms with Gasteiger partial charge in [-0.2, -0.15) is 0 Å². The van der Waals surface area contributed by atoms with Gasteiger partial charge in [-0.25, -0.2) is 4.98 Å². The monoisotopic (exact) mass is 383 g/mol. The van der Waals surface area contributed by atoms with Crippen LogP contribution in [0, 0.1) is 0 Å². The first-order chi connectivity index (χ1) is 13.6. The smallest absolute Gasteiger partial charge is 0.253 e. The average Bonchev–Trinajstić information content (AvgIpc) is 3.18. The minimum Gasteiger partial charge on any atom is -0.391 e. The maximum atomic E-state index is 13.0. The molecule has 0 radical (unpaired) electrons. The van der Waals surface area contributed by atoms with Gasteiger partial charge in [0.25, 0.3) is 5.91 Å². The third-order valence-corrected chi connectivity index (χ3v) is 6.01. The van der Waals surface area contributed by atoms with Gasteiger partial charge in [-0.1, -0.05) is 0 Å². The van der Waals surface area contributed by atoms with E-state index in [-0.39, 0.29) is 11.9 Å². The summed E-state index contributed by atoms with van der Waals surface area (Å²) in [6.45, 7) is 5.38. The Hall–Kier alpha value is -2.38. The van der Waals surface area contributed by atoms with Gasteiger partial charge in [-0.05, 0) is 44.2 Å². The van der Waals surface area contributed by atoms with Gasteiger partial charge in [0.1, 0.15) is 0 Å². The lowest BCUT2D eigenvalue weighted by atomic mass is 10.1. The van der Waals surface area contributed by atoms with Crippen LogP contribution < -0.4 is 4.90 Å². The minimum absolute atomic E-state index is 0.0279. The van der Waals surface area contributed by atoms with Crippen LogP contribution in [0.25, 0.3) is 0 Å². The molecule has 1 N–H and O–H groups in total. The lowest BCUT2D eigenvalue weighted by Gasteiger charge is -2.34. The van der Waals surface area contributed by atoms with E-state index in [1.165, 1.54) is 5.69 Å². The van der Waals surface area contributed by atoms with Crippen LogP contribution in [0.1, 0.15) is 29.2 Å². The van der Waals surface area contributed by atoms with Crippen molar-refractivity contribution in [3.8, 4) is 0 Å². The largest absolute Gasteiger partial charge is 0.391 e. The third kappa shape index (κ3) is 4.05. The zero-order valence-electron chi connectivity index (χ0n) is 16.4. The lowest BCUT2D eigenvalue weighted by Crippen LogP contribution is -2.44. The molecule has 2 saturated heterocycles. The molecule has 4 rings (SSSR count). The summed E-state index contributed by atoms with van der Waals surface area (Å²) in [6.07, 6.45) is 6.18. The number of likely N-dealkylation sites (N-methyl/N-ethyl adjacent to an activating group) is 1. The summed E-state index contributed by atoms with van der Waals surface area (Å²) in [5.41, 5.74) is 1.89. The number of hydrogen-bond donors (Lipinski definition) is 1. The third-order valence-electron chi connectivity index (χ3n) is 6.01. The van der Waals surface area contributed by atoms with Crippen LogP contribution in [0.4, 0.5) is 5.69 Å². The predicted molar refractivity (Wildman–Crippen MR) is 109 cm³/mol. The van der Waals surface area contributed by atoms with E-state index in [0.29, 0.717) is 25.1 Å². The van der Waals surface area contributed by atoms with E-state index in [1.807, 2.05) is 27.8 Å². The van der Waals surface area contributed by atoms with E-state index >= 15 is 0 Å². The molecule has 7 nitrogen and oxygen atoms in total. The minimum atomic E-state index is -0.466. The highest BCUT2D eigenvalue weighted by atomic mass is 16.3. The number of benzene rings is 1. The van der Waals surface area contributed by atoms with Crippen molar-refractivity contribution < 1.29 is 9.90 Å². The van der Waals surface area contributed by atoms with Gasteiger partial charge in [0, 0.05) is 62.9 Å². The number of aliphatic hydroxyl groups excluding tert-OH is 1. The highest BCUT2D eigenvalue weighted by Gasteiger charge is 2.28. The van der Waals surface area contributed by atoms with Crippen molar-refractivity contribution in [3.05, 3.63) is 48.5 Å². The molecule has 0 aliphatic carbocycles. The zero-order chi connectivity index (χ0) is 19.5. The number of anilines is 1. The van der Waals surface area contributed by atoms with Crippen molar-refractivity contribution in [2.45, 2.75) is 25.0 Å². The van der Waals surface area contributed by atoms with Crippen LogP contribution in [-0.4, -0.2) is 82.8 Å². The molecule has 1 amide bonds. The zero-order valence-corrected chi connectivity index (χ0v) is 16.4. The lowest BCUT2D eigenvalue weighted by molar-refractivity contribution is 0.0751. The Morgan fingerprint density at radius 2 is 1.75 bits per heavy atom. The summed E-state index contributed by atoms with van der Waals surface area (Å²) < 4.78 is 1.95. The highest BCUT2D eigenvalue weighted by Crippen LogP contribution is 2.24. The fourth-order valence-electron chi connectivity index (χ4n) is 4.15. The number of aromatic nitrogens is 2. The number of likely N-dealkylation sites (tertiary alicyclic amines) is 1. The second-order valence-electron chi connectivity index (χ2n) is 7.85. The number of carbonyl (C=O) groups is 1. The second-order valence-corrected chi connectivity index (χ2v) is 7.85. The summed E-state index contributed by atoms with van der Waals surface area (Å²) in [5.74, 6) is 0.0448. The molecule has 0 spiro atoms. The SMILES string of the molecule is CN1CCN(c2ccc(C(=O)N3CC[C@H](O)[C@@H](n4ccnc4)CC3)cc2)CC1. The second kappa shape index (κ2) is 8.32. The Bertz CT molecular complexity index is 769. The number of aliphatic hydroxyl groups is 1. The van der Waals surface area contributed by atoms with Gasteiger partial charge in [0.05, 0.1) is 18.5 Å². The van der Waals surface area contributed by atoms with E-state index in [9.17, 15) is 9.90 Å². The van der Waals surface area contributed by atoms with Crippen LogP contribution >= 0.6 is 0 Å². The molecule has 1 aromatic carbocycles. The van der Waals surface area contributed by atoms with Crippen LogP contribution in [0.15, 0.2) is 43.0 Å². The summed E-state index contributed by atoms with van der Waals surface area (Å²) >= 11 is 0. The predicted octanol–water partition coefficient (Wildman–Crippen LogP) is 1.47. The fourth-order valence-corrected chi connectivity index (χ4v) is 4.15. The van der Waals surface area contributed by atoms with Crippen molar-refractivity contribution in [1.29, 1.82) is 0 Å². The Morgan fingerprint density at radius 1 is 1.04 bits per heavy atom. The molecule has 2 fully saturated rings. The number of carbonyl (C=O) groups excluding carboxylic acids is 1. The van der Waals surface area contributed by atoms with Crippen LogP contribution in [0.2, 0.25) is 0 Å². The first-order valence-electron chi connectivity index (χ1n) is 10.1. The van der Waals surface area contributed by atoms with Crippen molar-refractivity contribution in [1.82, 2.24) is 19.4 Å². The number of nitrogens with zero attached hydrogens (tertiary/aromatic N) is 5. The number of imidazole rings is 1. The molecule has 28 heavy (non-hydrogen) atoms. The Balaban J connectivity index is 1.40. The van der Waals surface area contributed by atoms with Gasteiger partial charge in [0.2, 0.25) is 0 Å². The summed E-state index contributed by atoms with van der Waals surface area (Å²) in [4.78, 5) is 23.6. The molecule has 2 aliphatic rings. The molecule has 1 aromatic heterocycles. The molecule has 0 saturated carbocycles. The average molecular weight is 383 g/mol. The number of amides is 1. The van der Waals surface area contributed by atoms with E-state index in [2.05, 4.69) is 34.0 Å². The molecule has 0 bridgehead atoms. The van der Waals surface area contributed by atoms with Gasteiger partial charge in [-0.15, -0.1) is 0 Å². The first kappa shape index (κ1) is 19.0. The Morgan fingerprint density at radius 3 is 2.43 bits per heavy atom. The van der Waals surface area contributed by atoms with Gasteiger partial charge >= 0.3 is 0 Å². The van der Waals surface area contributed by atoms with Gasteiger partial charge in [-0.3, -0.25) is 4.79 Å². The quantitative estimate of drug-likeness (QED) is 0.870. The van der Waals surface area contributed by atoms with E-state index in [4.69, 9.17) is 0 Å². The van der Waals surface area contributed by atoms with Crippen molar-refractivity contribution in [2.75, 3.05) is 51.2 Å². The van der Waals surface area contributed by atoms with E-state index in [0.717, 1.165) is 32.6 Å². The molecule has 150 valence electrons. The van der Waals surface area contributed by atoms with Gasteiger partial charge < -0.3 is 24.4 Å². The van der Waals surface area contributed by atoms with Crippen molar-refractivity contribution in [2.24, 2.45) is 0 Å². The molecule has 7 heteroatoms. The molecular formula is C21H29N5O2. The topological polar surface area (TPSA) is 64.8 Å². The number of hydrogen-bond acceptors (Lipinski definition) is 5. The molecule has 0 unspecified atom stereocenters. The van der Waals surface area contributed by atoms with Crippen LogP contribution in [-0.2, 0) is 0 Å². The normalized spacial score (nSPS) is 24.2. The van der Waals surface area contributed by atoms with Crippen molar-refractivity contribution in [3.63, 3.8) is 0 Å². The summed E-state index contributed by atoms with van der Waals surface area (Å²) in [5, 5.41) is 10.5. The Labute approximate surface area is 166 Å². The number of piperazine rings is 1. The van der Waals surface area contributed by atoms with E-state index < -0.39 is 6.10 Å². The first-order valence-corrected chi connectivity index (χ1v) is 10.1. The molecule has 3 heterocycles. The number of rotatable bonds is 3. The van der Waals surface area contributed by atoms with Gasteiger partial charge in [0.15, 0.2) is 0 Å². The molecule has 2 aliphatic heterocycles. The maximum Gasteiger partial charge on any atom is 0.253 e. The Kier molecular flexibility index (Phi) is 5.64. The molecule has 2 aromatic rings. The van der Waals surface area contributed by atoms with Crippen LogP contribution in [0.5, 0.6) is 0 Å². The summed E-state index contributed by atoms with van der Waals surface area (Å²) in [6, 6.07) is 7.95. The van der Waals surface area contributed by atoms with Crippen LogP contribution in [0.3, 0.4) is 0 Å². The molecular weight excluding hydrogens is 354 g/mol. The maximum absolute atomic E-state index is 13.0. The van der Waals surface area contributed by atoms with E-state index in [1.54, 1.807) is 12.5 Å². The standard InChI is InChI=1S/C21H29N5O2/c1-23-12-14-24(15-13-23)18-4-2-17(3-5-18)21(28)25-9-6-19(20(27)7-10-25)26-11-8-22-16-26/h2-5,8,11,16,19-20,27H,6-7,9-10,12-15H2,1H3/t19-,20-/m0/s1. The summed E-state index contributed by atoms with van der Waals surface area (Å²) in [7, 11) is 2.15. The highest BCUT2D eigenvalue weighted by molar-refractivity contribution is 5.94. The molecule has 2 atom stereocenters. The van der Waals surface area contributed by atoms with Crippen molar-refractivity contribution >= 4 is 11.6 Å².